The van der Waals surface area contributed by atoms with Crippen molar-refractivity contribution in [3.8, 4) is 0 Å². The van der Waals surface area contributed by atoms with Crippen LogP contribution in [0.1, 0.15) is 34.6 Å². The van der Waals surface area contributed by atoms with Crippen LogP contribution in [0.15, 0.2) is 88.7 Å². The van der Waals surface area contributed by atoms with Crippen molar-refractivity contribution in [2.75, 3.05) is 16.6 Å². The Morgan fingerprint density at radius 2 is 1.68 bits per heavy atom. The van der Waals surface area contributed by atoms with Crippen LogP contribution in [0, 0.1) is 0 Å². The lowest BCUT2D eigenvalue weighted by Gasteiger charge is -2.13. The van der Waals surface area contributed by atoms with E-state index < -0.39 is 27.3 Å². The third-order valence-corrected chi connectivity index (χ3v) is 6.99. The highest BCUT2D eigenvalue weighted by Crippen LogP contribution is 2.21. The van der Waals surface area contributed by atoms with Gasteiger partial charge in [0.1, 0.15) is 5.56 Å². The molecule has 0 spiro atoms. The predicted octanol–water partition coefficient (Wildman–Crippen LogP) is 4.25. The Balaban J connectivity index is 1.64. The number of nitrogens with one attached hydrogen (secondary N) is 2. The number of ether oxygens (including phenoxy) is 1. The fraction of sp³-hybridized carbons (Fsp3) is 0.148. The van der Waals surface area contributed by atoms with Crippen LogP contribution in [0.25, 0.3) is 10.9 Å². The number of aryl methyl sites for hydroxylation is 1. The summed E-state index contributed by atoms with van der Waals surface area (Å²) in [5.41, 5.74) is 0.820. The van der Waals surface area contributed by atoms with Crippen LogP contribution in [0.2, 0.25) is 0 Å². The molecule has 1 amide bonds. The summed E-state index contributed by atoms with van der Waals surface area (Å²) in [5.74, 6) is -1.28. The second-order valence-corrected chi connectivity index (χ2v) is 9.75. The van der Waals surface area contributed by atoms with Crippen molar-refractivity contribution in [2.24, 2.45) is 0 Å². The van der Waals surface area contributed by atoms with Crippen LogP contribution in [0.3, 0.4) is 0 Å². The number of hydrogen-bond acceptors (Lipinski definition) is 6. The third kappa shape index (κ3) is 5.54. The second kappa shape index (κ2) is 10.7. The molecule has 0 aliphatic heterocycles. The molecule has 0 saturated heterocycles. The van der Waals surface area contributed by atoms with Crippen LogP contribution in [0.4, 0.5) is 11.4 Å². The number of sulfonamides is 1. The Morgan fingerprint density at radius 3 is 2.38 bits per heavy atom. The zero-order valence-electron chi connectivity index (χ0n) is 20.2. The smallest absolute Gasteiger partial charge is 0.343 e. The molecule has 0 atom stereocenters. The van der Waals surface area contributed by atoms with Crippen molar-refractivity contribution in [3.05, 3.63) is 100 Å². The summed E-state index contributed by atoms with van der Waals surface area (Å²) in [7, 11) is -3.92. The van der Waals surface area contributed by atoms with E-state index in [0.717, 1.165) is 0 Å². The molecule has 190 valence electrons. The number of rotatable bonds is 8. The zero-order valence-corrected chi connectivity index (χ0v) is 21.0. The minimum absolute atomic E-state index is 0.0765. The van der Waals surface area contributed by atoms with E-state index in [1.807, 2.05) is 6.92 Å². The normalized spacial score (nSPS) is 11.2. The number of para-hydroxylation sites is 1. The monoisotopic (exact) mass is 519 g/mol. The average Bonchev–Trinajstić information content (AvgIpc) is 2.89. The standard InChI is InChI=1S/C27H25N3O6S/c1-3-30-17-23(27(33)36-4-2)25(31)22-16-20(13-14-24(22)30)28-26(32)18-9-8-12-21(15-18)37(34,35)29-19-10-6-5-7-11-19/h5-17,29H,3-4H2,1-2H3,(H,28,32). The van der Waals surface area contributed by atoms with Gasteiger partial charge in [0.05, 0.1) is 17.0 Å². The molecule has 2 N–H and O–H groups in total. The molecule has 10 heteroatoms. The van der Waals surface area contributed by atoms with Crippen molar-refractivity contribution in [1.82, 2.24) is 4.57 Å². The number of amides is 1. The van der Waals surface area contributed by atoms with Crippen LogP contribution in [-0.4, -0.2) is 31.5 Å². The lowest BCUT2D eigenvalue weighted by atomic mass is 10.1. The Kier molecular flexibility index (Phi) is 7.40. The molecule has 37 heavy (non-hydrogen) atoms. The van der Waals surface area contributed by atoms with Gasteiger partial charge in [-0.3, -0.25) is 14.3 Å². The number of hydrogen-bond donors (Lipinski definition) is 2. The first kappa shape index (κ1) is 25.6. The maximum atomic E-state index is 13.0. The average molecular weight is 520 g/mol. The number of nitrogens with zero attached hydrogens (tertiary/aromatic N) is 1. The number of esters is 1. The summed E-state index contributed by atoms with van der Waals surface area (Å²) >= 11 is 0. The van der Waals surface area contributed by atoms with Crippen molar-refractivity contribution in [2.45, 2.75) is 25.3 Å². The fourth-order valence-corrected chi connectivity index (χ4v) is 4.92. The zero-order chi connectivity index (χ0) is 26.6. The topological polar surface area (TPSA) is 124 Å². The van der Waals surface area contributed by atoms with Crippen molar-refractivity contribution in [3.63, 3.8) is 0 Å². The highest BCUT2D eigenvalue weighted by molar-refractivity contribution is 7.92. The van der Waals surface area contributed by atoms with E-state index in [1.165, 1.54) is 36.5 Å². The minimum Gasteiger partial charge on any atom is -0.462 e. The van der Waals surface area contributed by atoms with Gasteiger partial charge in [0.15, 0.2) is 0 Å². The van der Waals surface area contributed by atoms with Gasteiger partial charge >= 0.3 is 5.97 Å². The third-order valence-electron chi connectivity index (χ3n) is 5.61. The molecular formula is C27H25N3O6S. The second-order valence-electron chi connectivity index (χ2n) is 8.06. The van der Waals surface area contributed by atoms with Crippen molar-refractivity contribution in [1.29, 1.82) is 0 Å². The van der Waals surface area contributed by atoms with E-state index >= 15 is 0 Å². The Hall–Kier alpha value is -4.44. The summed E-state index contributed by atoms with van der Waals surface area (Å²) in [6.07, 6.45) is 1.47. The fourth-order valence-electron chi connectivity index (χ4n) is 3.82. The van der Waals surface area contributed by atoms with Crippen molar-refractivity contribution >= 4 is 44.2 Å². The minimum atomic E-state index is -3.92. The highest BCUT2D eigenvalue weighted by Gasteiger charge is 2.19. The number of carbonyl (C=O) groups is 2. The van der Waals surface area contributed by atoms with Gasteiger partial charge in [0.25, 0.3) is 15.9 Å². The molecule has 4 aromatic rings. The van der Waals surface area contributed by atoms with E-state index in [0.29, 0.717) is 23.4 Å². The van der Waals surface area contributed by atoms with Crippen LogP contribution in [-0.2, 0) is 21.3 Å². The van der Waals surface area contributed by atoms with E-state index in [1.54, 1.807) is 54.0 Å². The molecule has 0 saturated carbocycles. The number of pyridine rings is 1. The number of aromatic nitrogens is 1. The first-order valence-corrected chi connectivity index (χ1v) is 13.1. The lowest BCUT2D eigenvalue weighted by Crippen LogP contribution is -2.21. The van der Waals surface area contributed by atoms with Gasteiger partial charge in [-0.2, -0.15) is 0 Å². The maximum absolute atomic E-state index is 13.0. The van der Waals surface area contributed by atoms with E-state index in [-0.39, 0.29) is 28.0 Å². The summed E-state index contributed by atoms with van der Waals surface area (Å²) in [4.78, 5) is 38.2. The van der Waals surface area contributed by atoms with Gasteiger partial charge in [-0.1, -0.05) is 24.3 Å². The van der Waals surface area contributed by atoms with Gasteiger partial charge in [-0.25, -0.2) is 13.2 Å². The van der Waals surface area contributed by atoms with E-state index in [2.05, 4.69) is 10.0 Å². The molecular weight excluding hydrogens is 494 g/mol. The van der Waals surface area contributed by atoms with Gasteiger partial charge in [-0.15, -0.1) is 0 Å². The van der Waals surface area contributed by atoms with Gasteiger partial charge in [0.2, 0.25) is 5.43 Å². The first-order valence-electron chi connectivity index (χ1n) is 11.6. The Bertz CT molecular complexity index is 1650. The van der Waals surface area contributed by atoms with Crippen molar-refractivity contribution < 1.29 is 22.7 Å². The maximum Gasteiger partial charge on any atom is 0.343 e. The largest absolute Gasteiger partial charge is 0.462 e. The SMILES string of the molecule is CCOC(=O)c1cn(CC)c2ccc(NC(=O)c3cccc(S(=O)(=O)Nc4ccccc4)c3)cc2c1=O. The van der Waals surface area contributed by atoms with Gasteiger partial charge in [0, 0.05) is 35.1 Å². The number of fused-ring (bicyclic) bond motifs is 1. The molecule has 0 unspecified atom stereocenters. The summed E-state index contributed by atoms with van der Waals surface area (Å²) in [5, 5.41) is 2.94. The van der Waals surface area contributed by atoms with Gasteiger partial charge in [-0.05, 0) is 62.4 Å². The molecule has 0 aliphatic carbocycles. The molecule has 1 heterocycles. The summed E-state index contributed by atoms with van der Waals surface area (Å²) in [6, 6.07) is 18.8. The first-order chi connectivity index (χ1) is 17.7. The molecule has 3 aromatic carbocycles. The molecule has 4 rings (SSSR count). The Labute approximate surface area is 213 Å². The molecule has 0 aliphatic rings. The number of carbonyl (C=O) groups excluding carboxylic acids is 2. The number of benzene rings is 3. The highest BCUT2D eigenvalue weighted by atomic mass is 32.2. The van der Waals surface area contributed by atoms with E-state index in [9.17, 15) is 22.8 Å². The molecule has 1 aromatic heterocycles. The van der Waals surface area contributed by atoms with E-state index in [4.69, 9.17) is 4.74 Å². The predicted molar refractivity (Wildman–Crippen MR) is 141 cm³/mol. The lowest BCUT2D eigenvalue weighted by molar-refractivity contribution is 0.0524. The van der Waals surface area contributed by atoms with Crippen LogP contribution in [0.5, 0.6) is 0 Å². The molecule has 0 radical (unpaired) electrons. The molecule has 0 bridgehead atoms. The quantitative estimate of drug-likeness (QED) is 0.336. The molecule has 0 fully saturated rings. The molecule has 9 nitrogen and oxygen atoms in total. The Morgan fingerprint density at radius 1 is 0.919 bits per heavy atom. The van der Waals surface area contributed by atoms with Crippen LogP contribution >= 0.6 is 0 Å². The van der Waals surface area contributed by atoms with Gasteiger partial charge < -0.3 is 14.6 Å². The van der Waals surface area contributed by atoms with Crippen LogP contribution < -0.4 is 15.5 Å². The summed E-state index contributed by atoms with van der Waals surface area (Å²) in [6.45, 7) is 4.17. The summed E-state index contributed by atoms with van der Waals surface area (Å²) < 4.78 is 34.8. The number of anilines is 2.